The number of carbonyl (C=O) groups excluding carboxylic acids is 1. The number of aromatic nitrogens is 2. The fourth-order valence-electron chi connectivity index (χ4n) is 1.60. The summed E-state index contributed by atoms with van der Waals surface area (Å²) in [5, 5.41) is 3.32. The van der Waals surface area contributed by atoms with E-state index in [1.54, 1.807) is 24.4 Å². The fourth-order valence-corrected chi connectivity index (χ4v) is 1.99. The maximum Gasteiger partial charge on any atom is 0.257 e. The van der Waals surface area contributed by atoms with E-state index in [4.69, 9.17) is 23.2 Å². The molecule has 0 unspecified atom stereocenters. The van der Waals surface area contributed by atoms with E-state index in [1.807, 2.05) is 13.8 Å². The van der Waals surface area contributed by atoms with Crippen LogP contribution in [0.4, 0.5) is 5.82 Å². The third-order valence-corrected chi connectivity index (χ3v) is 3.16. The van der Waals surface area contributed by atoms with Crippen LogP contribution in [0.5, 0.6) is 0 Å². The average molecular weight is 310 g/mol. The Kier molecular flexibility index (Phi) is 4.57. The van der Waals surface area contributed by atoms with Gasteiger partial charge in [0, 0.05) is 17.5 Å². The Hall–Kier alpha value is -1.65. The van der Waals surface area contributed by atoms with Gasteiger partial charge in [-0.2, -0.15) is 0 Å². The molecular weight excluding hydrogens is 297 g/mol. The van der Waals surface area contributed by atoms with Crippen LogP contribution in [0.2, 0.25) is 10.2 Å². The van der Waals surface area contributed by atoms with Crippen molar-refractivity contribution in [3.05, 3.63) is 51.9 Å². The van der Waals surface area contributed by atoms with Gasteiger partial charge in [0.1, 0.15) is 5.15 Å². The highest BCUT2D eigenvalue weighted by molar-refractivity contribution is 6.33. The molecule has 2 rings (SSSR count). The number of rotatable bonds is 3. The van der Waals surface area contributed by atoms with Gasteiger partial charge in [0.25, 0.3) is 5.91 Å². The summed E-state index contributed by atoms with van der Waals surface area (Å²) in [4.78, 5) is 20.4. The van der Waals surface area contributed by atoms with Crippen molar-refractivity contribution in [1.29, 1.82) is 0 Å². The molecule has 2 aromatic rings. The minimum absolute atomic E-state index is 0.179. The topological polar surface area (TPSA) is 54.9 Å². The molecule has 0 saturated heterocycles. The highest BCUT2D eigenvalue weighted by Crippen LogP contribution is 2.21. The number of halogens is 2. The van der Waals surface area contributed by atoms with Crippen molar-refractivity contribution in [2.45, 2.75) is 19.8 Å². The summed E-state index contributed by atoms with van der Waals surface area (Å²) in [6.07, 6.45) is 1.56. The molecule has 0 fully saturated rings. The zero-order valence-electron chi connectivity index (χ0n) is 11.0. The molecule has 1 amide bonds. The van der Waals surface area contributed by atoms with Gasteiger partial charge >= 0.3 is 0 Å². The van der Waals surface area contributed by atoms with Gasteiger partial charge in [-0.05, 0) is 30.2 Å². The van der Waals surface area contributed by atoms with Gasteiger partial charge in [0.15, 0.2) is 5.82 Å². The standard InChI is InChI=1S/C14H13Cl2N3O/c1-8(2)11-6-9(7-12(16)18-11)14(20)19-13-10(15)4-3-5-17-13/h3-8H,1-2H3,(H,17,19,20). The SMILES string of the molecule is CC(C)c1cc(C(=O)Nc2ncccc2Cl)cc(Cl)n1. The molecule has 0 aromatic carbocycles. The van der Waals surface area contributed by atoms with Crippen molar-refractivity contribution >= 4 is 34.9 Å². The first-order valence-electron chi connectivity index (χ1n) is 6.06. The van der Waals surface area contributed by atoms with Crippen molar-refractivity contribution in [3.63, 3.8) is 0 Å². The molecular formula is C14H13Cl2N3O. The smallest absolute Gasteiger partial charge is 0.257 e. The minimum atomic E-state index is -0.322. The Bertz CT molecular complexity index is 644. The quantitative estimate of drug-likeness (QED) is 0.866. The van der Waals surface area contributed by atoms with Gasteiger partial charge in [-0.25, -0.2) is 9.97 Å². The average Bonchev–Trinajstić information content (AvgIpc) is 2.40. The van der Waals surface area contributed by atoms with Crippen LogP contribution in [0.3, 0.4) is 0 Å². The van der Waals surface area contributed by atoms with E-state index in [1.165, 1.54) is 6.07 Å². The summed E-state index contributed by atoms with van der Waals surface area (Å²) < 4.78 is 0. The largest absolute Gasteiger partial charge is 0.305 e. The van der Waals surface area contributed by atoms with E-state index in [0.717, 1.165) is 5.69 Å². The van der Waals surface area contributed by atoms with Crippen LogP contribution >= 0.6 is 23.2 Å². The maximum atomic E-state index is 12.2. The Morgan fingerprint density at radius 3 is 2.70 bits per heavy atom. The fraction of sp³-hybridized carbons (Fsp3) is 0.214. The number of pyridine rings is 2. The van der Waals surface area contributed by atoms with Crippen LogP contribution in [0.15, 0.2) is 30.5 Å². The molecule has 0 spiro atoms. The van der Waals surface area contributed by atoms with Crippen molar-refractivity contribution in [1.82, 2.24) is 9.97 Å². The Morgan fingerprint density at radius 1 is 1.30 bits per heavy atom. The Morgan fingerprint density at radius 2 is 2.05 bits per heavy atom. The van der Waals surface area contributed by atoms with Gasteiger partial charge in [-0.15, -0.1) is 0 Å². The summed E-state index contributed by atoms with van der Waals surface area (Å²) in [6, 6.07) is 6.57. The maximum absolute atomic E-state index is 12.2. The first kappa shape index (κ1) is 14.8. The molecule has 104 valence electrons. The number of hydrogen-bond donors (Lipinski definition) is 1. The normalized spacial score (nSPS) is 10.7. The van der Waals surface area contributed by atoms with Crippen LogP contribution in [0.25, 0.3) is 0 Å². The lowest BCUT2D eigenvalue weighted by molar-refractivity contribution is 0.102. The molecule has 1 N–H and O–H groups in total. The molecule has 0 bridgehead atoms. The summed E-state index contributed by atoms with van der Waals surface area (Å²) in [5.41, 5.74) is 1.19. The second kappa shape index (κ2) is 6.20. The van der Waals surface area contributed by atoms with E-state index < -0.39 is 0 Å². The number of nitrogens with zero attached hydrogens (tertiary/aromatic N) is 2. The molecule has 0 radical (unpaired) electrons. The van der Waals surface area contributed by atoms with E-state index in [9.17, 15) is 4.79 Å². The number of nitrogens with one attached hydrogen (secondary N) is 1. The number of hydrogen-bond acceptors (Lipinski definition) is 3. The highest BCUT2D eigenvalue weighted by Gasteiger charge is 2.13. The first-order chi connectivity index (χ1) is 9.47. The second-order valence-electron chi connectivity index (χ2n) is 4.55. The number of anilines is 1. The van der Waals surface area contributed by atoms with Crippen molar-refractivity contribution in [3.8, 4) is 0 Å². The molecule has 4 nitrogen and oxygen atoms in total. The van der Waals surface area contributed by atoms with Gasteiger partial charge < -0.3 is 5.32 Å². The first-order valence-corrected chi connectivity index (χ1v) is 6.82. The second-order valence-corrected chi connectivity index (χ2v) is 5.34. The van der Waals surface area contributed by atoms with Crippen LogP contribution in [-0.4, -0.2) is 15.9 Å². The highest BCUT2D eigenvalue weighted by atomic mass is 35.5. The van der Waals surface area contributed by atoms with Crippen LogP contribution < -0.4 is 5.32 Å². The van der Waals surface area contributed by atoms with E-state index in [-0.39, 0.29) is 17.0 Å². The molecule has 6 heteroatoms. The molecule has 0 atom stereocenters. The van der Waals surface area contributed by atoms with Gasteiger partial charge in [0.05, 0.1) is 5.02 Å². The molecule has 0 saturated carbocycles. The van der Waals surface area contributed by atoms with Crippen LogP contribution in [0.1, 0.15) is 35.8 Å². The van der Waals surface area contributed by atoms with Crippen LogP contribution in [-0.2, 0) is 0 Å². The summed E-state index contributed by atoms with van der Waals surface area (Å²) in [5.74, 6) is 0.175. The summed E-state index contributed by atoms with van der Waals surface area (Å²) in [7, 11) is 0. The van der Waals surface area contributed by atoms with Crippen molar-refractivity contribution in [2.75, 3.05) is 5.32 Å². The van der Waals surface area contributed by atoms with Gasteiger partial charge in [0.2, 0.25) is 0 Å². The third-order valence-electron chi connectivity index (χ3n) is 2.66. The van der Waals surface area contributed by atoms with E-state index >= 15 is 0 Å². The minimum Gasteiger partial charge on any atom is -0.305 e. The van der Waals surface area contributed by atoms with Gasteiger partial charge in [-0.1, -0.05) is 37.0 Å². The van der Waals surface area contributed by atoms with Gasteiger partial charge in [-0.3, -0.25) is 4.79 Å². The molecule has 2 aromatic heterocycles. The lowest BCUT2D eigenvalue weighted by atomic mass is 10.1. The molecule has 0 aliphatic heterocycles. The molecule has 0 aliphatic carbocycles. The predicted octanol–water partition coefficient (Wildman–Crippen LogP) is 4.16. The predicted molar refractivity (Wildman–Crippen MR) is 80.5 cm³/mol. The van der Waals surface area contributed by atoms with Crippen molar-refractivity contribution in [2.24, 2.45) is 0 Å². The number of amides is 1. The lowest BCUT2D eigenvalue weighted by Gasteiger charge is -2.09. The molecule has 20 heavy (non-hydrogen) atoms. The van der Waals surface area contributed by atoms with Crippen molar-refractivity contribution < 1.29 is 4.79 Å². The molecule has 0 aliphatic rings. The zero-order chi connectivity index (χ0) is 14.7. The lowest BCUT2D eigenvalue weighted by Crippen LogP contribution is -2.14. The monoisotopic (exact) mass is 309 g/mol. The Balaban J connectivity index is 2.28. The zero-order valence-corrected chi connectivity index (χ0v) is 12.5. The van der Waals surface area contributed by atoms with E-state index in [0.29, 0.717) is 16.4 Å². The third kappa shape index (κ3) is 3.46. The molecule has 2 heterocycles. The van der Waals surface area contributed by atoms with Crippen LogP contribution in [0, 0.1) is 0 Å². The summed E-state index contributed by atoms with van der Waals surface area (Å²) >= 11 is 11.9. The summed E-state index contributed by atoms with van der Waals surface area (Å²) in [6.45, 7) is 3.96. The Labute approximate surface area is 127 Å². The number of carbonyl (C=O) groups is 1. The van der Waals surface area contributed by atoms with E-state index in [2.05, 4.69) is 15.3 Å².